The van der Waals surface area contributed by atoms with Crippen LogP contribution >= 0.6 is 0 Å². The van der Waals surface area contributed by atoms with Crippen LogP contribution in [0.3, 0.4) is 0 Å². The molecule has 1 aliphatic heterocycles. The van der Waals surface area contributed by atoms with Gasteiger partial charge in [-0.3, -0.25) is 4.79 Å². The molecular weight excluding hydrogens is 352 g/mol. The van der Waals surface area contributed by atoms with Crippen molar-refractivity contribution in [3.8, 4) is 0 Å². The average molecular weight is 379 g/mol. The van der Waals surface area contributed by atoms with Gasteiger partial charge in [-0.05, 0) is 53.3 Å². The summed E-state index contributed by atoms with van der Waals surface area (Å²) in [5.41, 5.74) is 2.79. The van der Waals surface area contributed by atoms with Gasteiger partial charge < -0.3 is 9.88 Å². The van der Waals surface area contributed by atoms with Gasteiger partial charge in [-0.2, -0.15) is 0 Å². The molecule has 7 nitrogen and oxygen atoms in total. The van der Waals surface area contributed by atoms with E-state index in [1.807, 2.05) is 17.7 Å². The Bertz CT molecular complexity index is 1040. The molecule has 0 amide bonds. The van der Waals surface area contributed by atoms with Crippen LogP contribution in [-0.4, -0.2) is 38.3 Å². The van der Waals surface area contributed by atoms with Crippen LogP contribution in [0.15, 0.2) is 29.1 Å². The van der Waals surface area contributed by atoms with Crippen molar-refractivity contribution in [3.05, 3.63) is 51.6 Å². The molecule has 1 aromatic carbocycles. The lowest BCUT2D eigenvalue weighted by Crippen LogP contribution is -3.10. The Morgan fingerprint density at radius 1 is 1.14 bits per heavy atom. The third kappa shape index (κ3) is 3.03. The number of rotatable bonds is 4. The molecule has 5 rings (SSSR count). The van der Waals surface area contributed by atoms with E-state index in [1.54, 1.807) is 0 Å². The van der Waals surface area contributed by atoms with Crippen molar-refractivity contribution in [2.75, 3.05) is 13.1 Å². The van der Waals surface area contributed by atoms with Crippen LogP contribution in [-0.2, 0) is 0 Å². The largest absolute Gasteiger partial charge is 0.322 e. The normalized spacial score (nSPS) is 19.6. The third-order valence-electron chi connectivity index (χ3n) is 6.44. The van der Waals surface area contributed by atoms with E-state index in [9.17, 15) is 4.79 Å². The number of fused-ring (bicyclic) bond motifs is 1. The molecule has 2 aliphatic rings. The summed E-state index contributed by atoms with van der Waals surface area (Å²) in [6.45, 7) is 4.14. The van der Waals surface area contributed by atoms with E-state index in [0.717, 1.165) is 53.8 Å². The molecule has 1 saturated heterocycles. The number of tetrazole rings is 1. The summed E-state index contributed by atoms with van der Waals surface area (Å²) in [6.07, 6.45) is 7.05. The van der Waals surface area contributed by atoms with E-state index in [-0.39, 0.29) is 11.6 Å². The Morgan fingerprint density at radius 3 is 2.71 bits per heavy atom. The molecule has 3 aromatic rings. The van der Waals surface area contributed by atoms with E-state index < -0.39 is 0 Å². The Labute approximate surface area is 163 Å². The summed E-state index contributed by atoms with van der Waals surface area (Å²) < 4.78 is 2.02. The van der Waals surface area contributed by atoms with Crippen molar-refractivity contribution in [1.29, 1.82) is 0 Å². The van der Waals surface area contributed by atoms with E-state index in [4.69, 9.17) is 0 Å². The highest BCUT2D eigenvalue weighted by molar-refractivity contribution is 5.79. The first kappa shape index (κ1) is 17.6. The van der Waals surface area contributed by atoms with Gasteiger partial charge >= 0.3 is 0 Å². The minimum Gasteiger partial charge on any atom is -0.322 e. The van der Waals surface area contributed by atoms with Gasteiger partial charge in [-0.15, -0.1) is 5.10 Å². The lowest BCUT2D eigenvalue weighted by molar-refractivity contribution is -0.914. The summed E-state index contributed by atoms with van der Waals surface area (Å²) in [6, 6.07) is 8.49. The zero-order chi connectivity index (χ0) is 19.1. The van der Waals surface area contributed by atoms with Gasteiger partial charge in [0.1, 0.15) is 0 Å². The van der Waals surface area contributed by atoms with Crippen LogP contribution in [0.1, 0.15) is 67.6 Å². The molecule has 146 valence electrons. The first-order valence-corrected chi connectivity index (χ1v) is 10.5. The zero-order valence-corrected chi connectivity index (χ0v) is 16.3. The van der Waals surface area contributed by atoms with Gasteiger partial charge in [0.25, 0.3) is 5.56 Å². The molecule has 0 unspecified atom stereocenters. The first-order valence-electron chi connectivity index (χ1n) is 10.5. The summed E-state index contributed by atoms with van der Waals surface area (Å²) in [5.74, 6) is 0.848. The second-order valence-electron chi connectivity index (χ2n) is 8.36. The summed E-state index contributed by atoms with van der Waals surface area (Å²) in [4.78, 5) is 17.6. The molecule has 0 spiro atoms. The van der Waals surface area contributed by atoms with Crippen LogP contribution < -0.4 is 10.5 Å². The number of H-pyrrole nitrogens is 1. The standard InChI is InChI=1S/C21H26N6O/c1-14-8-9-15-13-17(21(28)22-18(15)12-14)19(26-10-4-5-11-26)20-23-24-25-27(20)16-6-2-3-7-16/h8-9,12-13,16,19H,2-7,10-11H2,1H3,(H,22,28)/p+1/t19-/m0/s1. The molecular formula is C21H27N6O+. The number of hydrogen-bond donors (Lipinski definition) is 2. The molecule has 0 radical (unpaired) electrons. The highest BCUT2D eigenvalue weighted by Crippen LogP contribution is 2.31. The fraction of sp³-hybridized carbons (Fsp3) is 0.524. The Balaban J connectivity index is 1.65. The SMILES string of the molecule is Cc1ccc2cc([C@@H](c3nnnn3C3CCCC3)[NH+]3CCCC3)c(=O)[nH]c2c1. The maximum Gasteiger partial charge on any atom is 0.258 e. The number of likely N-dealkylation sites (tertiary alicyclic amines) is 1. The van der Waals surface area contributed by atoms with Crippen molar-refractivity contribution in [2.45, 2.75) is 57.5 Å². The van der Waals surface area contributed by atoms with E-state index in [2.05, 4.69) is 38.7 Å². The van der Waals surface area contributed by atoms with Crippen molar-refractivity contribution in [2.24, 2.45) is 0 Å². The topological polar surface area (TPSA) is 80.9 Å². The first-order chi connectivity index (χ1) is 13.7. The molecule has 2 aromatic heterocycles. The quantitative estimate of drug-likeness (QED) is 0.723. The van der Waals surface area contributed by atoms with Crippen LogP contribution in [0.25, 0.3) is 10.9 Å². The van der Waals surface area contributed by atoms with Gasteiger partial charge in [0.15, 0.2) is 6.04 Å². The molecule has 2 N–H and O–H groups in total. The molecule has 1 atom stereocenters. The number of nitrogens with zero attached hydrogens (tertiary/aromatic N) is 4. The number of hydrogen-bond acceptors (Lipinski definition) is 4. The molecule has 28 heavy (non-hydrogen) atoms. The van der Waals surface area contributed by atoms with E-state index in [0.29, 0.717) is 6.04 Å². The molecule has 1 saturated carbocycles. The minimum absolute atomic E-state index is 0.0246. The third-order valence-corrected chi connectivity index (χ3v) is 6.44. The average Bonchev–Trinajstić information content (AvgIpc) is 3.45. The number of pyridine rings is 1. The summed E-state index contributed by atoms with van der Waals surface area (Å²) in [7, 11) is 0. The molecule has 1 aliphatic carbocycles. The molecule has 0 bridgehead atoms. The van der Waals surface area contributed by atoms with Crippen molar-refractivity contribution < 1.29 is 4.90 Å². The maximum atomic E-state index is 13.1. The maximum absolute atomic E-state index is 13.1. The number of quaternary nitrogens is 1. The van der Waals surface area contributed by atoms with Crippen LogP contribution in [0, 0.1) is 6.92 Å². The number of aryl methyl sites for hydroxylation is 1. The van der Waals surface area contributed by atoms with Gasteiger partial charge in [-0.25, -0.2) is 4.68 Å². The lowest BCUT2D eigenvalue weighted by Gasteiger charge is -2.25. The van der Waals surface area contributed by atoms with Crippen LogP contribution in [0.5, 0.6) is 0 Å². The number of aromatic nitrogens is 5. The number of aromatic amines is 1. The van der Waals surface area contributed by atoms with Gasteiger partial charge in [0.05, 0.1) is 24.7 Å². The smallest absolute Gasteiger partial charge is 0.258 e. The monoisotopic (exact) mass is 379 g/mol. The van der Waals surface area contributed by atoms with Crippen LogP contribution in [0.4, 0.5) is 0 Å². The summed E-state index contributed by atoms with van der Waals surface area (Å²) in [5, 5.41) is 13.9. The van der Waals surface area contributed by atoms with Gasteiger partial charge in [-0.1, -0.05) is 25.0 Å². The summed E-state index contributed by atoms with van der Waals surface area (Å²) >= 11 is 0. The van der Waals surface area contributed by atoms with E-state index >= 15 is 0 Å². The molecule has 3 heterocycles. The Morgan fingerprint density at radius 2 is 1.93 bits per heavy atom. The van der Waals surface area contributed by atoms with Gasteiger partial charge in [0, 0.05) is 18.4 Å². The Kier molecular flexibility index (Phi) is 4.47. The molecule has 7 heteroatoms. The van der Waals surface area contributed by atoms with Gasteiger partial charge in [0.2, 0.25) is 5.82 Å². The highest BCUT2D eigenvalue weighted by Gasteiger charge is 2.37. The number of nitrogens with one attached hydrogen (secondary N) is 2. The fourth-order valence-electron chi connectivity index (χ4n) is 5.01. The predicted molar refractivity (Wildman–Crippen MR) is 106 cm³/mol. The van der Waals surface area contributed by atoms with E-state index in [1.165, 1.54) is 30.6 Å². The Hall–Kier alpha value is -2.54. The van der Waals surface area contributed by atoms with Crippen molar-refractivity contribution in [1.82, 2.24) is 25.2 Å². The highest BCUT2D eigenvalue weighted by atomic mass is 16.1. The second-order valence-corrected chi connectivity index (χ2v) is 8.36. The fourth-order valence-corrected chi connectivity index (χ4v) is 5.01. The van der Waals surface area contributed by atoms with Crippen LogP contribution in [0.2, 0.25) is 0 Å². The predicted octanol–water partition coefficient (Wildman–Crippen LogP) is 1.71. The molecule has 2 fully saturated rings. The van der Waals surface area contributed by atoms with Crippen molar-refractivity contribution >= 4 is 10.9 Å². The second kappa shape index (κ2) is 7.13. The zero-order valence-electron chi connectivity index (χ0n) is 16.3. The van der Waals surface area contributed by atoms with Crippen molar-refractivity contribution in [3.63, 3.8) is 0 Å². The minimum atomic E-state index is -0.118. The number of benzene rings is 1. The lowest BCUT2D eigenvalue weighted by atomic mass is 10.0.